The summed E-state index contributed by atoms with van der Waals surface area (Å²) in [4.78, 5) is 17.8. The van der Waals surface area contributed by atoms with Crippen molar-refractivity contribution in [3.63, 3.8) is 0 Å². The number of oxime groups is 1. The summed E-state index contributed by atoms with van der Waals surface area (Å²) in [6.07, 6.45) is 3.86. The van der Waals surface area contributed by atoms with Crippen LogP contribution in [0, 0.1) is 0 Å². The summed E-state index contributed by atoms with van der Waals surface area (Å²) in [6.45, 7) is 8.50. The van der Waals surface area contributed by atoms with Crippen molar-refractivity contribution in [1.82, 2.24) is 0 Å². The monoisotopic (exact) mass is 344 g/mol. The molecule has 0 atom stereocenters. The van der Waals surface area contributed by atoms with E-state index in [0.717, 1.165) is 43.5 Å². The minimum Gasteiger partial charge on any atom is -0.446 e. The maximum absolute atomic E-state index is 12.1. The fourth-order valence-corrected chi connectivity index (χ4v) is 3.56. The Bertz CT molecular complexity index is 651. The van der Waals surface area contributed by atoms with E-state index in [1.54, 1.807) is 0 Å². The average molecular weight is 344 g/mol. The smallest absolute Gasteiger partial charge is 0.411 e. The Hall–Kier alpha value is -2.04. The van der Waals surface area contributed by atoms with Gasteiger partial charge in [0.25, 0.3) is 0 Å². The molecule has 1 aromatic carbocycles. The second-order valence-corrected chi connectivity index (χ2v) is 8.33. The average Bonchev–Trinajstić information content (AvgIpc) is 2.90. The summed E-state index contributed by atoms with van der Waals surface area (Å²) < 4.78 is 5.58. The molecule has 5 heteroatoms. The van der Waals surface area contributed by atoms with Gasteiger partial charge in [-0.2, -0.15) is 0 Å². The third kappa shape index (κ3) is 4.33. The number of rotatable bonds is 2. The molecule has 5 nitrogen and oxygen atoms in total. The first-order valence-electron chi connectivity index (χ1n) is 9.06. The third-order valence-corrected chi connectivity index (χ3v) is 5.09. The Morgan fingerprint density at radius 3 is 2.40 bits per heavy atom. The molecule has 0 radical (unpaired) electrons. The summed E-state index contributed by atoms with van der Waals surface area (Å²) >= 11 is 0. The largest absolute Gasteiger partial charge is 0.446 e. The van der Waals surface area contributed by atoms with Crippen LogP contribution < -0.4 is 5.32 Å². The second-order valence-electron chi connectivity index (χ2n) is 8.33. The first-order chi connectivity index (χ1) is 11.8. The summed E-state index contributed by atoms with van der Waals surface area (Å²) in [5.41, 5.74) is 2.99. The molecule has 1 N–H and O–H groups in total. The molecule has 2 aliphatic rings. The molecule has 25 heavy (non-hydrogen) atoms. The lowest BCUT2D eigenvalue weighted by atomic mass is 9.80. The molecule has 1 fully saturated rings. The molecular weight excluding hydrogens is 316 g/mol. The molecule has 3 rings (SSSR count). The lowest BCUT2D eigenvalue weighted by Gasteiger charge is -2.34. The minimum absolute atomic E-state index is 0.0519. The lowest BCUT2D eigenvalue weighted by molar-refractivity contribution is -0.0685. The minimum atomic E-state index is -0.385. The van der Waals surface area contributed by atoms with E-state index in [2.05, 4.69) is 31.2 Å². The number of hydrogen-bond donors (Lipinski definition) is 1. The van der Waals surface area contributed by atoms with Crippen LogP contribution in [0.1, 0.15) is 65.4 Å². The Kier molecular flexibility index (Phi) is 4.76. The van der Waals surface area contributed by atoms with E-state index >= 15 is 0 Å². The zero-order valence-corrected chi connectivity index (χ0v) is 15.6. The van der Waals surface area contributed by atoms with E-state index in [-0.39, 0.29) is 23.2 Å². The molecule has 1 saturated carbocycles. The van der Waals surface area contributed by atoms with E-state index in [1.165, 1.54) is 5.56 Å². The lowest BCUT2D eigenvalue weighted by Crippen LogP contribution is -2.38. The van der Waals surface area contributed by atoms with E-state index in [1.807, 2.05) is 31.2 Å². The van der Waals surface area contributed by atoms with Crippen LogP contribution in [-0.2, 0) is 15.0 Å². The molecule has 1 aromatic rings. The van der Waals surface area contributed by atoms with Crippen LogP contribution in [0.5, 0.6) is 0 Å². The number of benzene rings is 1. The molecule has 1 amide bonds. The van der Waals surface area contributed by atoms with E-state index < -0.39 is 0 Å². The van der Waals surface area contributed by atoms with Crippen LogP contribution in [0.3, 0.4) is 0 Å². The maximum Gasteiger partial charge on any atom is 0.411 e. The Morgan fingerprint density at radius 1 is 1.24 bits per heavy atom. The normalized spacial score (nSPS) is 26.1. The number of amides is 1. The van der Waals surface area contributed by atoms with Gasteiger partial charge in [-0.1, -0.05) is 38.1 Å². The van der Waals surface area contributed by atoms with Gasteiger partial charge in [-0.05, 0) is 55.7 Å². The molecule has 1 spiro atoms. The quantitative estimate of drug-likeness (QED) is 0.820. The van der Waals surface area contributed by atoms with Crippen LogP contribution in [0.25, 0.3) is 0 Å². The van der Waals surface area contributed by atoms with Crippen LogP contribution in [0.2, 0.25) is 0 Å². The van der Waals surface area contributed by atoms with Crippen LogP contribution in [0.15, 0.2) is 29.4 Å². The predicted molar refractivity (Wildman–Crippen MR) is 99.0 cm³/mol. The highest BCUT2D eigenvalue weighted by molar-refractivity contribution is 5.85. The highest BCUT2D eigenvalue weighted by Gasteiger charge is 2.42. The highest BCUT2D eigenvalue weighted by atomic mass is 16.7. The molecule has 0 unspecified atom stereocenters. The van der Waals surface area contributed by atoms with Crippen molar-refractivity contribution in [2.75, 3.05) is 5.32 Å². The van der Waals surface area contributed by atoms with E-state index in [9.17, 15) is 4.79 Å². The van der Waals surface area contributed by atoms with Gasteiger partial charge in [0.05, 0.1) is 5.71 Å². The van der Waals surface area contributed by atoms with Gasteiger partial charge in [0.1, 0.15) is 11.7 Å². The predicted octanol–water partition coefficient (Wildman–Crippen LogP) is 5.01. The molecule has 0 saturated heterocycles. The van der Waals surface area contributed by atoms with Crippen LogP contribution in [0.4, 0.5) is 10.5 Å². The molecule has 0 bridgehead atoms. The summed E-state index contributed by atoms with van der Waals surface area (Å²) in [6, 6.07) is 7.92. The summed E-state index contributed by atoms with van der Waals surface area (Å²) in [5, 5.41) is 6.90. The van der Waals surface area contributed by atoms with Crippen molar-refractivity contribution >= 4 is 17.5 Å². The van der Waals surface area contributed by atoms with E-state index in [0.29, 0.717) is 0 Å². The van der Waals surface area contributed by atoms with Gasteiger partial charge in [0, 0.05) is 12.1 Å². The standard InChI is InChI=1S/C20H28N2O3/c1-14-13-20(25-22-14)11-9-17(10-12-20)24-18(23)21-16-7-5-15(6-8-16)19(2,3)4/h5-8,17H,9-13H2,1-4H3,(H,21,23). The number of anilines is 1. The first kappa shape index (κ1) is 17.8. The van der Waals surface area contributed by atoms with Gasteiger partial charge in [-0.3, -0.25) is 5.32 Å². The Balaban J connectivity index is 1.47. The molecular formula is C20H28N2O3. The number of hydrogen-bond acceptors (Lipinski definition) is 4. The van der Waals surface area contributed by atoms with Gasteiger partial charge in [0.2, 0.25) is 0 Å². The SMILES string of the molecule is CC1=NOC2(CCC(OC(=O)Nc3ccc(C(C)(C)C)cc3)CC2)C1. The number of carbonyl (C=O) groups excluding carboxylic acids is 1. The van der Waals surface area contributed by atoms with Gasteiger partial charge in [-0.25, -0.2) is 4.79 Å². The summed E-state index contributed by atoms with van der Waals surface area (Å²) in [5.74, 6) is 0. The van der Waals surface area contributed by atoms with Crippen LogP contribution >= 0.6 is 0 Å². The second kappa shape index (κ2) is 6.70. The molecule has 136 valence electrons. The van der Waals surface area contributed by atoms with Gasteiger partial charge in [0.15, 0.2) is 0 Å². The van der Waals surface area contributed by atoms with Gasteiger partial charge >= 0.3 is 6.09 Å². The molecule has 1 aliphatic carbocycles. The molecule has 1 aliphatic heterocycles. The molecule has 1 heterocycles. The zero-order chi connectivity index (χ0) is 18.1. The number of nitrogens with one attached hydrogen (secondary N) is 1. The third-order valence-electron chi connectivity index (χ3n) is 5.09. The van der Waals surface area contributed by atoms with Crippen molar-refractivity contribution in [3.8, 4) is 0 Å². The van der Waals surface area contributed by atoms with Crippen molar-refractivity contribution in [1.29, 1.82) is 0 Å². The number of nitrogens with zero attached hydrogens (tertiary/aromatic N) is 1. The van der Waals surface area contributed by atoms with Crippen molar-refractivity contribution in [2.45, 2.75) is 76.9 Å². The van der Waals surface area contributed by atoms with Crippen molar-refractivity contribution in [3.05, 3.63) is 29.8 Å². The molecule has 0 aromatic heterocycles. The Morgan fingerprint density at radius 2 is 1.88 bits per heavy atom. The fourth-order valence-electron chi connectivity index (χ4n) is 3.56. The highest BCUT2D eigenvalue weighted by Crippen LogP contribution is 2.39. The van der Waals surface area contributed by atoms with Gasteiger partial charge < -0.3 is 9.57 Å². The van der Waals surface area contributed by atoms with Crippen molar-refractivity contribution < 1.29 is 14.4 Å². The van der Waals surface area contributed by atoms with Crippen LogP contribution in [-0.4, -0.2) is 23.5 Å². The topological polar surface area (TPSA) is 59.9 Å². The van der Waals surface area contributed by atoms with Crippen molar-refractivity contribution in [2.24, 2.45) is 5.16 Å². The number of carbonyl (C=O) groups is 1. The van der Waals surface area contributed by atoms with Gasteiger partial charge in [-0.15, -0.1) is 0 Å². The first-order valence-corrected chi connectivity index (χ1v) is 9.06. The Labute approximate surface area is 149 Å². The van der Waals surface area contributed by atoms with E-state index in [4.69, 9.17) is 9.57 Å². The maximum atomic E-state index is 12.1. The fraction of sp³-hybridized carbons (Fsp3) is 0.600. The number of ether oxygens (including phenoxy) is 1. The summed E-state index contributed by atoms with van der Waals surface area (Å²) in [7, 11) is 0. The zero-order valence-electron chi connectivity index (χ0n) is 15.6.